The fourth-order valence-corrected chi connectivity index (χ4v) is 3.45. The van der Waals surface area contributed by atoms with Crippen molar-refractivity contribution >= 4 is 34.7 Å². The summed E-state index contributed by atoms with van der Waals surface area (Å²) in [5, 5.41) is 12.2. The Morgan fingerprint density at radius 1 is 1.19 bits per heavy atom. The smallest absolute Gasteiger partial charge is 0.270 e. The molecule has 0 amide bonds. The van der Waals surface area contributed by atoms with Crippen LogP contribution >= 0.6 is 11.6 Å². The van der Waals surface area contributed by atoms with Crippen LogP contribution in [0.4, 0.5) is 27.5 Å². The molecule has 0 bridgehead atoms. The molecule has 1 saturated heterocycles. The lowest BCUT2D eigenvalue weighted by Crippen LogP contribution is -2.37. The van der Waals surface area contributed by atoms with E-state index in [2.05, 4.69) is 25.5 Å². The molecular formula is C22H22ClFN6O2. The maximum absolute atomic E-state index is 14.1. The lowest BCUT2D eigenvalue weighted by atomic mass is 10.1. The Hall–Kier alpha value is -3.30. The Balaban J connectivity index is 1.45. The van der Waals surface area contributed by atoms with Crippen LogP contribution in [0.1, 0.15) is 5.56 Å². The number of azo groups is 1. The number of methoxy groups -OCH3 is 1. The topological polar surface area (TPSA) is 84.2 Å². The molecule has 0 radical (unpaired) electrons. The van der Waals surface area contributed by atoms with Gasteiger partial charge in [0.1, 0.15) is 5.75 Å². The predicted octanol–water partition coefficient (Wildman–Crippen LogP) is 5.14. The first kappa shape index (κ1) is 21.9. The van der Waals surface area contributed by atoms with Crippen LogP contribution in [0, 0.1) is 5.82 Å². The zero-order chi connectivity index (χ0) is 22.3. The van der Waals surface area contributed by atoms with E-state index in [1.807, 2.05) is 47.4 Å². The van der Waals surface area contributed by atoms with Gasteiger partial charge < -0.3 is 19.7 Å². The second kappa shape index (κ2) is 10.3. The van der Waals surface area contributed by atoms with Crippen molar-refractivity contribution in [3.63, 3.8) is 0 Å². The van der Waals surface area contributed by atoms with E-state index in [9.17, 15) is 4.39 Å². The van der Waals surface area contributed by atoms with Crippen LogP contribution in [0.15, 0.2) is 58.9 Å². The Bertz CT molecular complexity index is 1110. The van der Waals surface area contributed by atoms with Gasteiger partial charge in [-0.05, 0) is 24.3 Å². The molecule has 1 fully saturated rings. The molecule has 1 aliphatic rings. The molecule has 0 saturated carbocycles. The van der Waals surface area contributed by atoms with Gasteiger partial charge in [-0.15, -0.1) is 5.11 Å². The maximum Gasteiger partial charge on any atom is 0.270 e. The third-order valence-electron chi connectivity index (χ3n) is 4.83. The van der Waals surface area contributed by atoms with E-state index in [0.717, 1.165) is 23.1 Å². The molecule has 0 unspecified atom stereocenters. The third-order valence-corrected chi connectivity index (χ3v) is 5.06. The fraction of sp³-hybridized carbons (Fsp3) is 0.273. The molecule has 2 heterocycles. The molecule has 1 N–H and O–H groups in total. The summed E-state index contributed by atoms with van der Waals surface area (Å²) in [6, 6.07) is 13.1. The van der Waals surface area contributed by atoms with Gasteiger partial charge in [-0.2, -0.15) is 10.1 Å². The zero-order valence-corrected chi connectivity index (χ0v) is 18.2. The third kappa shape index (κ3) is 5.49. The van der Waals surface area contributed by atoms with Crippen molar-refractivity contribution in [2.75, 3.05) is 43.6 Å². The summed E-state index contributed by atoms with van der Waals surface area (Å²) in [4.78, 5) is 9.94. The summed E-state index contributed by atoms with van der Waals surface area (Å²) in [6.45, 7) is 2.45. The maximum atomic E-state index is 14.1. The molecule has 1 aromatic heterocycles. The number of halogens is 2. The molecule has 3 aromatic rings. The Morgan fingerprint density at radius 2 is 2.00 bits per heavy atom. The van der Waals surface area contributed by atoms with E-state index in [0.29, 0.717) is 37.1 Å². The van der Waals surface area contributed by atoms with Crippen LogP contribution in [0.2, 0.25) is 5.02 Å². The highest BCUT2D eigenvalue weighted by atomic mass is 35.5. The summed E-state index contributed by atoms with van der Waals surface area (Å²) in [5.74, 6) is 0.484. The van der Waals surface area contributed by atoms with E-state index in [1.54, 1.807) is 7.11 Å². The van der Waals surface area contributed by atoms with Crippen molar-refractivity contribution in [1.82, 2.24) is 9.97 Å². The van der Waals surface area contributed by atoms with Gasteiger partial charge in [-0.25, -0.2) is 9.37 Å². The largest absolute Gasteiger partial charge is 0.496 e. The standard InChI is InChI=1S/C22H22ClFN6O2/c1-31-20-12-18(27-17-4-2-3-16(23)11-17)6-5-15(20)13-26-29-22-25-14-19(24)21(28-22)30-7-9-32-10-8-30/h2-6,11-12,14,27H,7-10,13H2,1H3. The van der Waals surface area contributed by atoms with Crippen LogP contribution in [0.3, 0.4) is 0 Å². The average Bonchev–Trinajstić information content (AvgIpc) is 2.81. The first-order valence-corrected chi connectivity index (χ1v) is 10.4. The summed E-state index contributed by atoms with van der Waals surface area (Å²) in [7, 11) is 1.59. The second-order valence-corrected chi connectivity index (χ2v) is 7.44. The van der Waals surface area contributed by atoms with Crippen molar-refractivity contribution in [2.45, 2.75) is 6.54 Å². The van der Waals surface area contributed by atoms with Gasteiger partial charge in [0.2, 0.25) is 0 Å². The normalized spacial score (nSPS) is 14.0. The molecule has 0 spiro atoms. The Labute approximate surface area is 190 Å². The summed E-state index contributed by atoms with van der Waals surface area (Å²) >= 11 is 6.04. The van der Waals surface area contributed by atoms with E-state index in [-0.39, 0.29) is 18.3 Å². The van der Waals surface area contributed by atoms with E-state index < -0.39 is 5.82 Å². The molecule has 10 heteroatoms. The number of nitrogens with zero attached hydrogens (tertiary/aromatic N) is 5. The number of nitrogens with one attached hydrogen (secondary N) is 1. The van der Waals surface area contributed by atoms with Gasteiger partial charge in [-0.3, -0.25) is 0 Å². The number of ether oxygens (including phenoxy) is 2. The molecule has 1 aliphatic heterocycles. The van der Waals surface area contributed by atoms with Crippen LogP contribution in [-0.2, 0) is 11.3 Å². The van der Waals surface area contributed by atoms with E-state index in [1.165, 1.54) is 0 Å². The van der Waals surface area contributed by atoms with Crippen molar-refractivity contribution in [3.05, 3.63) is 65.1 Å². The zero-order valence-electron chi connectivity index (χ0n) is 17.5. The highest BCUT2D eigenvalue weighted by molar-refractivity contribution is 6.30. The molecular weight excluding hydrogens is 435 g/mol. The molecule has 8 nitrogen and oxygen atoms in total. The van der Waals surface area contributed by atoms with Crippen molar-refractivity contribution < 1.29 is 13.9 Å². The van der Waals surface area contributed by atoms with Gasteiger partial charge >= 0.3 is 0 Å². The molecule has 4 rings (SSSR count). The SMILES string of the molecule is COc1cc(Nc2cccc(Cl)c2)ccc1CN=Nc1ncc(F)c(N2CCOCC2)n1. The Morgan fingerprint density at radius 3 is 2.78 bits per heavy atom. The van der Waals surface area contributed by atoms with Crippen LogP contribution in [0.5, 0.6) is 5.75 Å². The van der Waals surface area contributed by atoms with Crippen LogP contribution < -0.4 is 15.0 Å². The number of morpholine rings is 1. The fourth-order valence-electron chi connectivity index (χ4n) is 3.25. The second-order valence-electron chi connectivity index (χ2n) is 7.00. The molecule has 2 aromatic carbocycles. The van der Waals surface area contributed by atoms with Crippen molar-refractivity contribution in [2.24, 2.45) is 10.2 Å². The minimum Gasteiger partial charge on any atom is -0.496 e. The van der Waals surface area contributed by atoms with E-state index >= 15 is 0 Å². The number of hydrogen-bond acceptors (Lipinski definition) is 8. The van der Waals surface area contributed by atoms with Crippen molar-refractivity contribution in [1.29, 1.82) is 0 Å². The van der Waals surface area contributed by atoms with E-state index in [4.69, 9.17) is 21.1 Å². The quantitative estimate of drug-likeness (QED) is 0.495. The number of anilines is 3. The minimum absolute atomic E-state index is 0.103. The first-order valence-electron chi connectivity index (χ1n) is 10.0. The summed E-state index contributed by atoms with van der Waals surface area (Å²) < 4.78 is 24.9. The number of hydrogen-bond donors (Lipinski definition) is 1. The lowest BCUT2D eigenvalue weighted by molar-refractivity contribution is 0.122. The minimum atomic E-state index is -0.490. The van der Waals surface area contributed by atoms with Crippen molar-refractivity contribution in [3.8, 4) is 5.75 Å². The average molecular weight is 457 g/mol. The number of rotatable bonds is 7. The molecule has 0 atom stereocenters. The number of benzene rings is 2. The molecule has 0 aliphatic carbocycles. The van der Waals surface area contributed by atoms with Gasteiger partial charge in [0.15, 0.2) is 11.6 Å². The van der Waals surface area contributed by atoms with Gasteiger partial charge in [0.05, 0.1) is 33.1 Å². The summed E-state index contributed by atoms with van der Waals surface area (Å²) in [5.41, 5.74) is 2.56. The van der Waals surface area contributed by atoms with Gasteiger partial charge in [-0.1, -0.05) is 23.7 Å². The predicted molar refractivity (Wildman–Crippen MR) is 121 cm³/mol. The Kier molecular flexibility index (Phi) is 7.08. The monoisotopic (exact) mass is 456 g/mol. The molecule has 166 valence electrons. The molecule has 32 heavy (non-hydrogen) atoms. The highest BCUT2D eigenvalue weighted by Crippen LogP contribution is 2.27. The number of aromatic nitrogens is 2. The highest BCUT2D eigenvalue weighted by Gasteiger charge is 2.17. The van der Waals surface area contributed by atoms with Crippen LogP contribution in [-0.4, -0.2) is 43.4 Å². The van der Waals surface area contributed by atoms with Crippen LogP contribution in [0.25, 0.3) is 0 Å². The lowest BCUT2D eigenvalue weighted by Gasteiger charge is -2.27. The van der Waals surface area contributed by atoms with Gasteiger partial charge in [0.25, 0.3) is 5.95 Å². The summed E-state index contributed by atoms with van der Waals surface area (Å²) in [6.07, 6.45) is 1.11. The van der Waals surface area contributed by atoms with Gasteiger partial charge in [0, 0.05) is 41.1 Å². The first-order chi connectivity index (χ1) is 15.6.